The SMILES string of the molecule is CN/C(C(=O)C(Cc1csc(N2CCCCC2)n1)c1ccccc1C(C)C)=C(/C)CCCc1ccccc1. The Morgan fingerprint density at radius 1 is 1.00 bits per heavy atom. The van der Waals surface area contributed by atoms with Gasteiger partial charge in [0.15, 0.2) is 10.9 Å². The van der Waals surface area contributed by atoms with Gasteiger partial charge >= 0.3 is 0 Å². The molecule has 0 aliphatic carbocycles. The van der Waals surface area contributed by atoms with Gasteiger partial charge in [0, 0.05) is 31.9 Å². The fourth-order valence-corrected chi connectivity index (χ4v) is 6.47. The molecule has 0 spiro atoms. The first-order valence-electron chi connectivity index (χ1n) is 14.2. The first-order valence-corrected chi connectivity index (χ1v) is 15.1. The van der Waals surface area contributed by atoms with Gasteiger partial charge in [-0.1, -0.05) is 68.4 Å². The molecule has 202 valence electrons. The molecule has 0 amide bonds. The largest absolute Gasteiger partial charge is 0.385 e. The fraction of sp³-hybridized carbons (Fsp3) is 0.455. The Morgan fingerprint density at radius 3 is 2.37 bits per heavy atom. The molecule has 5 heteroatoms. The number of carbonyl (C=O) groups excluding carboxylic acids is 1. The van der Waals surface area contributed by atoms with Crippen LogP contribution >= 0.6 is 11.3 Å². The van der Waals surface area contributed by atoms with Crippen LogP contribution < -0.4 is 10.2 Å². The first kappa shape index (κ1) is 28.1. The Bertz CT molecular complexity index is 1210. The molecule has 2 heterocycles. The lowest BCUT2D eigenvalue weighted by molar-refractivity contribution is -0.117. The van der Waals surface area contributed by atoms with E-state index in [-0.39, 0.29) is 11.7 Å². The molecule has 4 rings (SSSR count). The lowest BCUT2D eigenvalue weighted by Crippen LogP contribution is -2.29. The molecule has 3 aromatic rings. The van der Waals surface area contributed by atoms with Gasteiger partial charge < -0.3 is 10.2 Å². The number of ketones is 1. The van der Waals surface area contributed by atoms with Crippen molar-refractivity contribution in [2.75, 3.05) is 25.0 Å². The molecule has 1 aliphatic rings. The van der Waals surface area contributed by atoms with Crippen molar-refractivity contribution in [2.45, 2.75) is 77.6 Å². The van der Waals surface area contributed by atoms with E-state index in [1.54, 1.807) is 11.3 Å². The van der Waals surface area contributed by atoms with Crippen molar-refractivity contribution >= 4 is 22.3 Å². The summed E-state index contributed by atoms with van der Waals surface area (Å²) < 4.78 is 0. The molecule has 38 heavy (non-hydrogen) atoms. The second-order valence-corrected chi connectivity index (χ2v) is 11.7. The number of anilines is 1. The number of aromatic nitrogens is 1. The lowest BCUT2D eigenvalue weighted by atomic mass is 9.82. The van der Waals surface area contributed by atoms with Crippen molar-refractivity contribution in [3.63, 3.8) is 0 Å². The Morgan fingerprint density at radius 2 is 1.68 bits per heavy atom. The quantitative estimate of drug-likeness (QED) is 0.245. The zero-order chi connectivity index (χ0) is 26.9. The molecule has 0 radical (unpaired) electrons. The van der Waals surface area contributed by atoms with Crippen LogP contribution in [0.25, 0.3) is 0 Å². The van der Waals surface area contributed by atoms with Crippen LogP contribution in [0.1, 0.15) is 87.1 Å². The molecule has 1 unspecified atom stereocenters. The molecule has 1 aromatic heterocycles. The van der Waals surface area contributed by atoms with E-state index in [0.29, 0.717) is 12.3 Å². The molecule has 1 fully saturated rings. The summed E-state index contributed by atoms with van der Waals surface area (Å²) in [7, 11) is 1.89. The van der Waals surface area contributed by atoms with E-state index in [0.717, 1.165) is 60.0 Å². The van der Waals surface area contributed by atoms with Crippen LogP contribution in [-0.2, 0) is 17.6 Å². The van der Waals surface area contributed by atoms with Gasteiger partial charge in [-0.15, -0.1) is 11.3 Å². The highest BCUT2D eigenvalue weighted by Gasteiger charge is 2.29. The number of nitrogens with zero attached hydrogens (tertiary/aromatic N) is 2. The monoisotopic (exact) mass is 529 g/mol. The van der Waals surface area contributed by atoms with Gasteiger partial charge in [-0.25, -0.2) is 4.98 Å². The maximum absolute atomic E-state index is 14.3. The minimum atomic E-state index is -0.267. The van der Waals surface area contributed by atoms with Crippen molar-refractivity contribution in [2.24, 2.45) is 0 Å². The van der Waals surface area contributed by atoms with Gasteiger partial charge in [-0.2, -0.15) is 0 Å². The van der Waals surface area contributed by atoms with Gasteiger partial charge in [0.1, 0.15) is 0 Å². The van der Waals surface area contributed by atoms with Crippen molar-refractivity contribution in [1.29, 1.82) is 0 Å². The molecule has 1 saturated heterocycles. The summed E-state index contributed by atoms with van der Waals surface area (Å²) in [5.74, 6) is 0.247. The van der Waals surface area contributed by atoms with Crippen LogP contribution in [0, 0.1) is 0 Å². The Kier molecular flexibility index (Phi) is 10.2. The van der Waals surface area contributed by atoms with Crippen molar-refractivity contribution < 1.29 is 4.79 Å². The molecule has 2 aromatic carbocycles. The molecule has 1 N–H and O–H groups in total. The predicted octanol–water partition coefficient (Wildman–Crippen LogP) is 7.67. The van der Waals surface area contributed by atoms with Gasteiger partial charge in [0.2, 0.25) is 0 Å². The van der Waals surface area contributed by atoms with Crippen LogP contribution in [0.15, 0.2) is 71.2 Å². The Labute approximate surface area is 233 Å². The first-order chi connectivity index (χ1) is 18.5. The minimum absolute atomic E-state index is 0.172. The minimum Gasteiger partial charge on any atom is -0.385 e. The molecule has 4 nitrogen and oxygen atoms in total. The van der Waals surface area contributed by atoms with Gasteiger partial charge in [-0.05, 0) is 73.6 Å². The maximum atomic E-state index is 14.3. The Hall–Kier alpha value is -2.92. The summed E-state index contributed by atoms with van der Waals surface area (Å²) in [6.45, 7) is 8.70. The number of Topliss-reactive ketones (excluding diaryl/α,β-unsaturated/α-hetero) is 1. The highest BCUT2D eigenvalue weighted by molar-refractivity contribution is 7.13. The second-order valence-electron chi connectivity index (χ2n) is 10.8. The van der Waals surface area contributed by atoms with Gasteiger partial charge in [0.25, 0.3) is 0 Å². The molecular formula is C33H43N3OS. The standard InChI is InChI=1S/C33H43N3OS/c1-24(2)28-18-9-10-19-29(28)30(22-27-23-38-33(35-27)36-20-11-6-12-21-36)32(37)31(34-4)25(3)14-13-17-26-15-7-5-8-16-26/h5,7-10,15-16,18-19,23-24,30,34H,6,11-14,17,20-22H2,1-4H3/b31-25-. The molecule has 0 bridgehead atoms. The zero-order valence-corrected chi connectivity index (χ0v) is 24.3. The van der Waals surface area contributed by atoms with Crippen molar-refractivity contribution in [3.05, 3.63) is 93.6 Å². The number of rotatable bonds is 12. The van der Waals surface area contributed by atoms with E-state index in [1.807, 2.05) is 7.05 Å². The van der Waals surface area contributed by atoms with Crippen LogP contribution in [0.2, 0.25) is 0 Å². The van der Waals surface area contributed by atoms with E-state index in [9.17, 15) is 4.79 Å². The van der Waals surface area contributed by atoms with E-state index >= 15 is 0 Å². The summed E-state index contributed by atoms with van der Waals surface area (Å²) >= 11 is 1.72. The van der Waals surface area contributed by atoms with Crippen LogP contribution in [0.5, 0.6) is 0 Å². The molecule has 0 saturated carbocycles. The third-order valence-corrected chi connectivity index (χ3v) is 8.62. The number of hydrogen-bond donors (Lipinski definition) is 1. The average Bonchev–Trinajstić information content (AvgIpc) is 3.42. The summed E-state index contributed by atoms with van der Waals surface area (Å²) in [5, 5.41) is 6.56. The number of carbonyl (C=O) groups is 1. The third-order valence-electron chi connectivity index (χ3n) is 7.67. The number of piperidine rings is 1. The third kappa shape index (κ3) is 7.13. The summed E-state index contributed by atoms with van der Waals surface area (Å²) in [6, 6.07) is 19.1. The number of nitrogens with one attached hydrogen (secondary N) is 1. The Balaban J connectivity index is 1.59. The van der Waals surface area contributed by atoms with Crippen LogP contribution in [0.4, 0.5) is 5.13 Å². The zero-order valence-electron chi connectivity index (χ0n) is 23.5. The molecule has 1 atom stereocenters. The molecular weight excluding hydrogens is 486 g/mol. The van der Waals surface area contributed by atoms with E-state index in [1.165, 1.54) is 30.4 Å². The van der Waals surface area contributed by atoms with E-state index in [2.05, 4.69) is 91.0 Å². The van der Waals surface area contributed by atoms with Crippen molar-refractivity contribution in [1.82, 2.24) is 10.3 Å². The van der Waals surface area contributed by atoms with Crippen LogP contribution in [-0.4, -0.2) is 30.9 Å². The highest BCUT2D eigenvalue weighted by atomic mass is 32.1. The lowest BCUT2D eigenvalue weighted by Gasteiger charge is -2.26. The van der Waals surface area contributed by atoms with E-state index < -0.39 is 0 Å². The number of likely N-dealkylation sites (N-methyl/N-ethyl adjacent to an activating group) is 1. The molecule has 1 aliphatic heterocycles. The summed E-state index contributed by atoms with van der Waals surface area (Å²) in [5.41, 5.74) is 6.62. The number of thiazole rings is 1. The number of hydrogen-bond acceptors (Lipinski definition) is 5. The fourth-order valence-electron chi connectivity index (χ4n) is 5.58. The van der Waals surface area contributed by atoms with Crippen molar-refractivity contribution in [3.8, 4) is 0 Å². The predicted molar refractivity (Wildman–Crippen MR) is 161 cm³/mol. The van der Waals surface area contributed by atoms with Crippen LogP contribution in [0.3, 0.4) is 0 Å². The number of aryl methyl sites for hydroxylation is 1. The highest BCUT2D eigenvalue weighted by Crippen LogP contribution is 2.33. The van der Waals surface area contributed by atoms with E-state index in [4.69, 9.17) is 4.98 Å². The van der Waals surface area contributed by atoms with Gasteiger partial charge in [0.05, 0.1) is 17.3 Å². The summed E-state index contributed by atoms with van der Waals surface area (Å²) in [4.78, 5) is 21.7. The maximum Gasteiger partial charge on any atom is 0.186 e. The topological polar surface area (TPSA) is 45.2 Å². The number of benzene rings is 2. The normalized spacial score (nSPS) is 15.3. The number of allylic oxidation sites excluding steroid dienone is 2. The van der Waals surface area contributed by atoms with Gasteiger partial charge in [-0.3, -0.25) is 4.79 Å². The summed E-state index contributed by atoms with van der Waals surface area (Å²) in [6.07, 6.45) is 7.32. The average molecular weight is 530 g/mol. The second kappa shape index (κ2) is 13.7. The smallest absolute Gasteiger partial charge is 0.186 e.